The van der Waals surface area contributed by atoms with Crippen molar-refractivity contribution in [3.8, 4) is 0 Å². The van der Waals surface area contributed by atoms with E-state index in [-0.39, 0.29) is 24.4 Å². The summed E-state index contributed by atoms with van der Waals surface area (Å²) < 4.78 is 0. The number of carbonyl (C=O) groups is 1. The van der Waals surface area contributed by atoms with E-state index in [1.807, 2.05) is 30.1 Å². The fourth-order valence-electron chi connectivity index (χ4n) is 2.83. The van der Waals surface area contributed by atoms with Crippen LogP contribution in [0.5, 0.6) is 0 Å². The summed E-state index contributed by atoms with van der Waals surface area (Å²) in [6, 6.07) is 10.6. The van der Waals surface area contributed by atoms with Gasteiger partial charge in [-0.25, -0.2) is 0 Å². The fraction of sp³-hybridized carbons (Fsp3) is 0.562. The minimum atomic E-state index is 0. The summed E-state index contributed by atoms with van der Waals surface area (Å²) >= 11 is 0. The third-order valence-electron chi connectivity index (χ3n) is 4.37. The lowest BCUT2D eigenvalue weighted by Crippen LogP contribution is -2.43. The molecule has 1 saturated heterocycles. The smallest absolute Gasteiger partial charge is 0.237 e. The minimum absolute atomic E-state index is 0. The van der Waals surface area contributed by atoms with Crippen LogP contribution in [0.15, 0.2) is 30.3 Å². The first-order valence-corrected chi connectivity index (χ1v) is 7.38. The maximum absolute atomic E-state index is 12.4. The highest BCUT2D eigenvalue weighted by atomic mass is 35.5. The second-order valence-electron chi connectivity index (χ2n) is 5.59. The van der Waals surface area contributed by atoms with Crippen molar-refractivity contribution < 1.29 is 4.79 Å². The maximum atomic E-state index is 12.4. The molecule has 0 spiro atoms. The number of likely N-dealkylation sites (N-methyl/N-ethyl adjacent to an activating group) is 1. The molecule has 5 heteroatoms. The van der Waals surface area contributed by atoms with Crippen molar-refractivity contribution >= 4 is 18.3 Å². The molecule has 0 aliphatic carbocycles. The Morgan fingerprint density at radius 3 is 2.71 bits per heavy atom. The van der Waals surface area contributed by atoms with Gasteiger partial charge in [0, 0.05) is 19.6 Å². The van der Waals surface area contributed by atoms with Gasteiger partial charge in [0.25, 0.3) is 0 Å². The standard InChI is InChI=1S/C16H25N3O.ClH/c1-13(14-7-4-3-5-8-14)18(2)16(20)12-19-10-6-9-15(19)11-17;/h3-5,7-8,13,15H,6,9-12,17H2,1-2H3;1H. The average Bonchev–Trinajstić information content (AvgIpc) is 2.93. The SMILES string of the molecule is CC(c1ccccc1)N(C)C(=O)CN1CCCC1CN.Cl. The van der Waals surface area contributed by atoms with Crippen LogP contribution in [0.2, 0.25) is 0 Å². The van der Waals surface area contributed by atoms with Gasteiger partial charge in [-0.2, -0.15) is 0 Å². The predicted octanol–water partition coefficient (Wildman–Crippen LogP) is 2.05. The number of hydrogen-bond acceptors (Lipinski definition) is 3. The van der Waals surface area contributed by atoms with Crippen molar-refractivity contribution in [1.82, 2.24) is 9.80 Å². The summed E-state index contributed by atoms with van der Waals surface area (Å²) in [5, 5.41) is 0. The van der Waals surface area contributed by atoms with E-state index in [0.29, 0.717) is 19.1 Å². The number of nitrogens with zero attached hydrogens (tertiary/aromatic N) is 2. The van der Waals surface area contributed by atoms with Crippen molar-refractivity contribution in [3.05, 3.63) is 35.9 Å². The molecule has 2 N–H and O–H groups in total. The third-order valence-corrected chi connectivity index (χ3v) is 4.37. The minimum Gasteiger partial charge on any atom is -0.338 e. The summed E-state index contributed by atoms with van der Waals surface area (Å²) in [4.78, 5) is 16.5. The van der Waals surface area contributed by atoms with Crippen LogP contribution >= 0.6 is 12.4 Å². The van der Waals surface area contributed by atoms with Gasteiger partial charge in [-0.3, -0.25) is 9.69 Å². The van der Waals surface area contributed by atoms with Crippen LogP contribution in [-0.2, 0) is 4.79 Å². The molecule has 1 heterocycles. The van der Waals surface area contributed by atoms with Crippen LogP contribution in [0.25, 0.3) is 0 Å². The number of nitrogens with two attached hydrogens (primary N) is 1. The molecule has 118 valence electrons. The Kier molecular flexibility index (Phi) is 7.15. The highest BCUT2D eigenvalue weighted by Gasteiger charge is 2.27. The van der Waals surface area contributed by atoms with E-state index >= 15 is 0 Å². The zero-order valence-electron chi connectivity index (χ0n) is 12.9. The van der Waals surface area contributed by atoms with E-state index in [0.717, 1.165) is 19.4 Å². The average molecular weight is 312 g/mol. The molecule has 1 amide bonds. The van der Waals surface area contributed by atoms with Gasteiger partial charge in [0.05, 0.1) is 12.6 Å². The Morgan fingerprint density at radius 1 is 1.43 bits per heavy atom. The van der Waals surface area contributed by atoms with Crippen LogP contribution in [-0.4, -0.2) is 48.4 Å². The summed E-state index contributed by atoms with van der Waals surface area (Å²) in [6.45, 7) is 4.18. The lowest BCUT2D eigenvalue weighted by Gasteiger charge is -2.29. The Labute approximate surface area is 133 Å². The summed E-state index contributed by atoms with van der Waals surface area (Å²) in [5.41, 5.74) is 6.93. The van der Waals surface area contributed by atoms with Gasteiger partial charge in [-0.15, -0.1) is 12.4 Å². The van der Waals surface area contributed by atoms with Crippen LogP contribution in [0, 0.1) is 0 Å². The van der Waals surface area contributed by atoms with Crippen molar-refractivity contribution in [2.24, 2.45) is 5.73 Å². The number of carbonyl (C=O) groups excluding carboxylic acids is 1. The molecule has 1 aliphatic rings. The lowest BCUT2D eigenvalue weighted by atomic mass is 10.1. The summed E-state index contributed by atoms with van der Waals surface area (Å²) in [7, 11) is 1.88. The number of benzene rings is 1. The zero-order chi connectivity index (χ0) is 14.5. The molecule has 1 aromatic carbocycles. The topological polar surface area (TPSA) is 49.6 Å². The Hall–Kier alpha value is -1.10. The van der Waals surface area contributed by atoms with E-state index in [4.69, 9.17) is 5.73 Å². The van der Waals surface area contributed by atoms with Crippen molar-refractivity contribution in [1.29, 1.82) is 0 Å². The van der Waals surface area contributed by atoms with Crippen molar-refractivity contribution in [2.75, 3.05) is 26.7 Å². The second kappa shape index (κ2) is 8.37. The van der Waals surface area contributed by atoms with Crippen LogP contribution in [0.3, 0.4) is 0 Å². The quantitative estimate of drug-likeness (QED) is 0.905. The molecule has 4 nitrogen and oxygen atoms in total. The van der Waals surface area contributed by atoms with Crippen LogP contribution < -0.4 is 5.73 Å². The molecule has 1 fully saturated rings. The fourth-order valence-corrected chi connectivity index (χ4v) is 2.83. The van der Waals surface area contributed by atoms with Gasteiger partial charge in [0.2, 0.25) is 5.91 Å². The zero-order valence-corrected chi connectivity index (χ0v) is 13.7. The molecule has 0 saturated carbocycles. The lowest BCUT2D eigenvalue weighted by molar-refractivity contribution is -0.133. The van der Waals surface area contributed by atoms with Crippen LogP contribution in [0.4, 0.5) is 0 Å². The Balaban J connectivity index is 0.00000220. The molecule has 0 radical (unpaired) electrons. The van der Waals surface area contributed by atoms with Gasteiger partial charge in [-0.05, 0) is 31.9 Å². The van der Waals surface area contributed by atoms with Crippen LogP contribution in [0.1, 0.15) is 31.4 Å². The van der Waals surface area contributed by atoms with E-state index < -0.39 is 0 Å². The first-order chi connectivity index (χ1) is 9.63. The van der Waals surface area contributed by atoms with Gasteiger partial charge in [0.15, 0.2) is 0 Å². The van der Waals surface area contributed by atoms with Gasteiger partial charge < -0.3 is 10.6 Å². The molecule has 2 unspecified atom stereocenters. The molecule has 1 aromatic rings. The monoisotopic (exact) mass is 311 g/mol. The third kappa shape index (κ3) is 4.43. The molecule has 1 aliphatic heterocycles. The largest absolute Gasteiger partial charge is 0.338 e. The molecular formula is C16H26ClN3O. The van der Waals surface area contributed by atoms with E-state index in [1.165, 1.54) is 5.56 Å². The highest BCUT2D eigenvalue weighted by Crippen LogP contribution is 2.20. The van der Waals surface area contributed by atoms with Gasteiger partial charge in [0.1, 0.15) is 0 Å². The normalized spacial score (nSPS) is 19.9. The maximum Gasteiger partial charge on any atom is 0.237 e. The predicted molar refractivity (Wildman–Crippen MR) is 88.5 cm³/mol. The molecule has 2 rings (SSSR count). The Bertz CT molecular complexity index is 440. The number of hydrogen-bond donors (Lipinski definition) is 1. The molecule has 2 atom stereocenters. The number of amides is 1. The van der Waals surface area contributed by atoms with E-state index in [1.54, 1.807) is 0 Å². The Morgan fingerprint density at radius 2 is 2.10 bits per heavy atom. The second-order valence-corrected chi connectivity index (χ2v) is 5.59. The molecular weight excluding hydrogens is 286 g/mol. The van der Waals surface area contributed by atoms with Crippen molar-refractivity contribution in [3.63, 3.8) is 0 Å². The van der Waals surface area contributed by atoms with Gasteiger partial charge >= 0.3 is 0 Å². The van der Waals surface area contributed by atoms with Crippen molar-refractivity contribution in [2.45, 2.75) is 31.8 Å². The van der Waals surface area contributed by atoms with E-state index in [9.17, 15) is 4.79 Å². The van der Waals surface area contributed by atoms with Gasteiger partial charge in [-0.1, -0.05) is 30.3 Å². The number of likely N-dealkylation sites (tertiary alicyclic amines) is 1. The first kappa shape index (κ1) is 18.0. The molecule has 0 aromatic heterocycles. The number of halogens is 1. The van der Waals surface area contributed by atoms with E-state index in [2.05, 4.69) is 24.0 Å². The summed E-state index contributed by atoms with van der Waals surface area (Å²) in [6.07, 6.45) is 2.26. The molecule has 21 heavy (non-hydrogen) atoms. The number of rotatable bonds is 5. The molecule has 0 bridgehead atoms. The summed E-state index contributed by atoms with van der Waals surface area (Å²) in [5.74, 6) is 0.168. The highest BCUT2D eigenvalue weighted by molar-refractivity contribution is 5.85. The first-order valence-electron chi connectivity index (χ1n) is 7.38.